The summed E-state index contributed by atoms with van der Waals surface area (Å²) < 4.78 is 10.1. The fraction of sp³-hybridized carbons (Fsp3) is 0.167. The summed E-state index contributed by atoms with van der Waals surface area (Å²) in [5, 5.41) is 112. The monoisotopic (exact) mass is 863 g/mol. The van der Waals surface area contributed by atoms with E-state index in [1.165, 1.54) is 49.9 Å². The zero-order chi connectivity index (χ0) is 46.3. The standard InChI is InChI=1S/C11H15NO3.C10H13NO3.C7H7NO4.C7H7NO3.C7H7NO2/c1-3-14-11-7-9(5-6-10(11)13)8-12-15-4-2;1-3-14-11-7-8-4-5-10(13-2)9(12)6-8;9-5-1-4(3-8-12)2-6(10)7(5)11;9-6-2-1-5(4-8-11)3-7(6)10;9-7-3-1-6(2-4-7)5-8-10/h5-8,13H,3-4H2,1-2H3;4-7,12H,3H2,1-2H3;1-3,9-12H;1-4,9-11H;1-5,9-10H. The lowest BCUT2D eigenvalue weighted by Crippen LogP contribution is -1.93. The van der Waals surface area contributed by atoms with E-state index in [9.17, 15) is 10.2 Å². The van der Waals surface area contributed by atoms with Crippen LogP contribution < -0.4 is 9.47 Å². The predicted octanol–water partition coefficient (Wildman–Crippen LogP) is 6.65. The third-order valence-corrected chi connectivity index (χ3v) is 6.90. The first-order chi connectivity index (χ1) is 29.8. The summed E-state index contributed by atoms with van der Waals surface area (Å²) in [7, 11) is 1.50. The number of hydrogen-bond acceptors (Lipinski definition) is 20. The van der Waals surface area contributed by atoms with Crippen LogP contribution in [0.15, 0.2) is 117 Å². The van der Waals surface area contributed by atoms with Crippen LogP contribution >= 0.6 is 0 Å². The van der Waals surface area contributed by atoms with Crippen LogP contribution in [0.25, 0.3) is 0 Å². The van der Waals surface area contributed by atoms with E-state index in [1.807, 2.05) is 20.8 Å². The first-order valence-electron chi connectivity index (χ1n) is 18.0. The second kappa shape index (κ2) is 29.6. The van der Waals surface area contributed by atoms with Crippen LogP contribution in [0.2, 0.25) is 0 Å². The lowest BCUT2D eigenvalue weighted by molar-refractivity contribution is 0.160. The fourth-order valence-corrected chi connectivity index (χ4v) is 4.10. The van der Waals surface area contributed by atoms with Gasteiger partial charge in [-0.1, -0.05) is 25.8 Å². The zero-order valence-electron chi connectivity index (χ0n) is 34.0. The van der Waals surface area contributed by atoms with Crippen molar-refractivity contribution in [3.8, 4) is 57.5 Å². The number of phenols is 8. The number of rotatable bonds is 12. The highest BCUT2D eigenvalue weighted by molar-refractivity contribution is 5.82. The van der Waals surface area contributed by atoms with Crippen LogP contribution in [0.5, 0.6) is 57.5 Å². The summed E-state index contributed by atoms with van der Waals surface area (Å²) in [6.45, 7) is 7.15. The SMILES string of the molecule is CCON=Cc1ccc(O)c(OCC)c1.CCON=Cc1ccc(OC)c(O)c1.ON=Cc1cc(O)c(O)c(O)c1.ON=Cc1ccc(O)c(O)c1.ON=Cc1ccc(O)cc1. The molecule has 0 aliphatic rings. The van der Waals surface area contributed by atoms with Gasteiger partial charge < -0.3 is 75.6 Å². The minimum Gasteiger partial charge on any atom is -0.508 e. The van der Waals surface area contributed by atoms with Crippen molar-refractivity contribution in [1.29, 1.82) is 0 Å². The number of aromatic hydroxyl groups is 8. The van der Waals surface area contributed by atoms with Crippen molar-refractivity contribution < 1.29 is 75.6 Å². The van der Waals surface area contributed by atoms with E-state index >= 15 is 0 Å². The van der Waals surface area contributed by atoms with Crippen LogP contribution in [0.4, 0.5) is 0 Å². The Morgan fingerprint density at radius 3 is 1.34 bits per heavy atom. The van der Waals surface area contributed by atoms with E-state index in [4.69, 9.17) is 65.4 Å². The predicted molar refractivity (Wildman–Crippen MR) is 230 cm³/mol. The second-order valence-electron chi connectivity index (χ2n) is 11.4. The highest BCUT2D eigenvalue weighted by atomic mass is 16.6. The molecule has 0 heterocycles. The fourth-order valence-electron chi connectivity index (χ4n) is 4.10. The largest absolute Gasteiger partial charge is 0.508 e. The number of benzene rings is 5. The van der Waals surface area contributed by atoms with Crippen LogP contribution in [0.3, 0.4) is 0 Å². The Labute approximate surface area is 355 Å². The van der Waals surface area contributed by atoms with Gasteiger partial charge in [0, 0.05) is 11.1 Å². The molecule has 5 rings (SSSR count). The molecule has 0 aliphatic heterocycles. The van der Waals surface area contributed by atoms with Crippen LogP contribution in [-0.4, -0.2) is 114 Å². The molecule has 0 radical (unpaired) electrons. The average molecular weight is 864 g/mol. The first-order valence-corrected chi connectivity index (χ1v) is 18.0. The number of hydrogen-bond donors (Lipinski definition) is 11. The molecule has 20 nitrogen and oxygen atoms in total. The van der Waals surface area contributed by atoms with Gasteiger partial charge in [-0.15, -0.1) is 0 Å². The summed E-state index contributed by atoms with van der Waals surface area (Å²) in [5.41, 5.74) is 3.13. The maximum Gasteiger partial charge on any atom is 0.200 e. The molecule has 0 aliphatic carbocycles. The molecule has 0 saturated carbocycles. The molecule has 5 aromatic rings. The highest BCUT2D eigenvalue weighted by Crippen LogP contribution is 2.35. The maximum atomic E-state index is 9.44. The summed E-state index contributed by atoms with van der Waals surface area (Å²) in [4.78, 5) is 9.62. The van der Waals surface area contributed by atoms with Crippen LogP contribution in [0, 0.1) is 0 Å². The molecular weight excluding hydrogens is 814 g/mol. The molecular formula is C42H49N5O15. The molecule has 0 bridgehead atoms. The molecule has 0 amide bonds. The first kappa shape index (κ1) is 51.5. The smallest absolute Gasteiger partial charge is 0.200 e. The number of nitrogens with zero attached hydrogens (tertiary/aromatic N) is 5. The minimum absolute atomic E-state index is 0.0907. The molecule has 0 atom stereocenters. The van der Waals surface area contributed by atoms with E-state index < -0.39 is 17.2 Å². The van der Waals surface area contributed by atoms with Gasteiger partial charge in [0.25, 0.3) is 0 Å². The van der Waals surface area contributed by atoms with Gasteiger partial charge in [-0.05, 0) is 128 Å². The van der Waals surface area contributed by atoms with Gasteiger partial charge in [-0.3, -0.25) is 0 Å². The normalized spacial score (nSPS) is 10.5. The highest BCUT2D eigenvalue weighted by Gasteiger charge is 2.06. The van der Waals surface area contributed by atoms with E-state index in [2.05, 4.69) is 25.8 Å². The van der Waals surface area contributed by atoms with Gasteiger partial charge in [-0.2, -0.15) is 0 Å². The van der Waals surface area contributed by atoms with Crippen molar-refractivity contribution in [3.05, 3.63) is 119 Å². The van der Waals surface area contributed by atoms with Crippen molar-refractivity contribution in [2.45, 2.75) is 20.8 Å². The number of methoxy groups -OCH3 is 1. The molecule has 0 saturated heterocycles. The zero-order valence-corrected chi connectivity index (χ0v) is 34.0. The van der Waals surface area contributed by atoms with Crippen LogP contribution in [0.1, 0.15) is 48.6 Å². The topological polar surface area (TPSA) is 321 Å². The summed E-state index contributed by atoms with van der Waals surface area (Å²) in [6.07, 6.45) is 6.56. The van der Waals surface area contributed by atoms with E-state index in [0.29, 0.717) is 36.9 Å². The maximum absolute atomic E-state index is 9.44. The van der Waals surface area contributed by atoms with E-state index in [-0.39, 0.29) is 34.3 Å². The third kappa shape index (κ3) is 20.2. The Bertz CT molecular complexity index is 2190. The molecule has 0 aromatic heterocycles. The summed E-state index contributed by atoms with van der Waals surface area (Å²) in [6, 6.07) is 22.8. The molecule has 11 N–H and O–H groups in total. The van der Waals surface area contributed by atoms with Crippen molar-refractivity contribution in [3.63, 3.8) is 0 Å². The second-order valence-corrected chi connectivity index (χ2v) is 11.4. The van der Waals surface area contributed by atoms with Crippen molar-refractivity contribution in [1.82, 2.24) is 0 Å². The van der Waals surface area contributed by atoms with Crippen LogP contribution in [-0.2, 0) is 9.68 Å². The van der Waals surface area contributed by atoms with Gasteiger partial charge in [-0.25, -0.2) is 0 Å². The number of oxime groups is 5. The average Bonchev–Trinajstić information content (AvgIpc) is 3.25. The summed E-state index contributed by atoms with van der Waals surface area (Å²) >= 11 is 0. The lowest BCUT2D eigenvalue weighted by Gasteiger charge is -2.05. The molecule has 62 heavy (non-hydrogen) atoms. The number of phenolic OH excluding ortho intramolecular Hbond substituents is 8. The Hall–Kier alpha value is -8.55. The number of ether oxygens (including phenoxy) is 2. The Balaban J connectivity index is 0.000000390. The molecule has 0 fully saturated rings. The van der Waals surface area contributed by atoms with Gasteiger partial charge in [0.1, 0.15) is 19.0 Å². The van der Waals surface area contributed by atoms with Gasteiger partial charge in [0.2, 0.25) is 0 Å². The molecule has 0 unspecified atom stereocenters. The van der Waals surface area contributed by atoms with Gasteiger partial charge in [0.05, 0.1) is 44.8 Å². The van der Waals surface area contributed by atoms with Crippen molar-refractivity contribution >= 4 is 31.1 Å². The third-order valence-electron chi connectivity index (χ3n) is 6.90. The van der Waals surface area contributed by atoms with Gasteiger partial charge in [0.15, 0.2) is 51.7 Å². The molecule has 0 spiro atoms. The molecule has 5 aromatic carbocycles. The Morgan fingerprint density at radius 1 is 0.419 bits per heavy atom. The van der Waals surface area contributed by atoms with E-state index in [0.717, 1.165) is 41.3 Å². The Morgan fingerprint density at radius 2 is 0.855 bits per heavy atom. The molecule has 20 heteroatoms. The minimum atomic E-state index is -0.593. The van der Waals surface area contributed by atoms with E-state index in [1.54, 1.807) is 54.7 Å². The van der Waals surface area contributed by atoms with Crippen molar-refractivity contribution in [2.24, 2.45) is 25.8 Å². The Kier molecular flexibility index (Phi) is 24.6. The summed E-state index contributed by atoms with van der Waals surface area (Å²) in [5.74, 6) is -0.632. The van der Waals surface area contributed by atoms with Gasteiger partial charge >= 0.3 is 0 Å². The quantitative estimate of drug-likeness (QED) is 0.0271. The molecule has 332 valence electrons. The van der Waals surface area contributed by atoms with Crippen molar-refractivity contribution in [2.75, 3.05) is 26.9 Å². The lowest BCUT2D eigenvalue weighted by atomic mass is 10.2.